The molecule has 0 aromatic heterocycles. The Morgan fingerprint density at radius 1 is 1.53 bits per heavy atom. The van der Waals surface area contributed by atoms with E-state index in [0.717, 1.165) is 23.1 Å². The van der Waals surface area contributed by atoms with Gasteiger partial charge in [-0.2, -0.15) is 0 Å². The number of hydrogen-bond acceptors (Lipinski definition) is 3. The van der Waals surface area contributed by atoms with Gasteiger partial charge >= 0.3 is 0 Å². The fraction of sp³-hybridized carbons (Fsp3) is 0.500. The minimum absolute atomic E-state index is 0.0740. The molecule has 1 fully saturated rings. The molecule has 1 aromatic rings. The first-order chi connectivity index (χ1) is 9.15. The molecule has 1 saturated carbocycles. The molecule has 0 saturated heterocycles. The fourth-order valence-corrected chi connectivity index (χ4v) is 2.03. The van der Waals surface area contributed by atoms with Crippen LogP contribution in [0.4, 0.5) is 0 Å². The topological polar surface area (TPSA) is 50.4 Å². The number of nitrogens with one attached hydrogen (secondary N) is 2. The number of halogens is 1. The Bertz CT molecular complexity index is 435. The second-order valence-electron chi connectivity index (χ2n) is 4.76. The van der Waals surface area contributed by atoms with E-state index in [4.69, 9.17) is 4.74 Å². The number of carbonyl (C=O) groups excluding carboxylic acids is 1. The largest absolute Gasteiger partial charge is 0.492 e. The molecule has 1 aliphatic rings. The van der Waals surface area contributed by atoms with Gasteiger partial charge in [-0.25, -0.2) is 0 Å². The zero-order chi connectivity index (χ0) is 13.7. The third kappa shape index (κ3) is 5.20. The predicted octanol–water partition coefficient (Wildman–Crippen LogP) is 2.08. The van der Waals surface area contributed by atoms with Crippen LogP contribution in [0.1, 0.15) is 19.8 Å². The van der Waals surface area contributed by atoms with Crippen LogP contribution in [0.25, 0.3) is 0 Å². The average molecular weight is 327 g/mol. The van der Waals surface area contributed by atoms with Gasteiger partial charge in [0.15, 0.2) is 0 Å². The molecule has 1 amide bonds. The summed E-state index contributed by atoms with van der Waals surface area (Å²) in [6, 6.07) is 7.95. The minimum atomic E-state index is -0.174. The van der Waals surface area contributed by atoms with Crippen molar-refractivity contribution in [2.75, 3.05) is 13.2 Å². The van der Waals surface area contributed by atoms with E-state index in [9.17, 15) is 4.79 Å². The maximum Gasteiger partial charge on any atom is 0.237 e. The monoisotopic (exact) mass is 326 g/mol. The standard InChI is InChI=1S/C14H19BrN2O2/c1-10(14(18)17-12-5-6-12)16-7-8-19-13-4-2-3-11(15)9-13/h2-4,9-10,12,16H,5-8H2,1H3,(H,17,18). The molecular weight excluding hydrogens is 308 g/mol. The summed E-state index contributed by atoms with van der Waals surface area (Å²) in [6.07, 6.45) is 2.23. The highest BCUT2D eigenvalue weighted by Crippen LogP contribution is 2.18. The van der Waals surface area contributed by atoms with Crippen LogP contribution in [0.3, 0.4) is 0 Å². The average Bonchev–Trinajstić information content (AvgIpc) is 3.18. The Morgan fingerprint density at radius 2 is 2.32 bits per heavy atom. The molecule has 0 heterocycles. The molecular formula is C14H19BrN2O2. The van der Waals surface area contributed by atoms with Gasteiger partial charge in [-0.15, -0.1) is 0 Å². The molecule has 2 N–H and O–H groups in total. The quantitative estimate of drug-likeness (QED) is 0.754. The Morgan fingerprint density at radius 3 is 3.00 bits per heavy atom. The lowest BCUT2D eigenvalue weighted by atomic mass is 10.3. The van der Waals surface area contributed by atoms with Gasteiger partial charge in [0.2, 0.25) is 5.91 Å². The number of carbonyl (C=O) groups is 1. The van der Waals surface area contributed by atoms with Crippen molar-refractivity contribution in [3.8, 4) is 5.75 Å². The van der Waals surface area contributed by atoms with Crippen molar-refractivity contribution in [2.24, 2.45) is 0 Å². The molecule has 1 aromatic carbocycles. The molecule has 4 nitrogen and oxygen atoms in total. The number of rotatable bonds is 7. The summed E-state index contributed by atoms with van der Waals surface area (Å²) in [6.45, 7) is 3.06. The summed E-state index contributed by atoms with van der Waals surface area (Å²) >= 11 is 3.39. The Hall–Kier alpha value is -1.07. The van der Waals surface area contributed by atoms with Gasteiger partial charge in [-0.1, -0.05) is 22.0 Å². The van der Waals surface area contributed by atoms with E-state index in [1.54, 1.807) is 0 Å². The number of amides is 1. The van der Waals surface area contributed by atoms with Gasteiger partial charge < -0.3 is 15.4 Å². The van der Waals surface area contributed by atoms with Gasteiger partial charge in [-0.05, 0) is 38.0 Å². The van der Waals surface area contributed by atoms with E-state index >= 15 is 0 Å². The van der Waals surface area contributed by atoms with Gasteiger partial charge in [0.25, 0.3) is 0 Å². The summed E-state index contributed by atoms with van der Waals surface area (Å²) in [5, 5.41) is 6.12. The Kier molecular flexibility index (Phi) is 5.22. The molecule has 1 aliphatic carbocycles. The third-order valence-electron chi connectivity index (χ3n) is 2.93. The van der Waals surface area contributed by atoms with Crippen LogP contribution in [-0.4, -0.2) is 31.1 Å². The van der Waals surface area contributed by atoms with E-state index in [1.165, 1.54) is 0 Å². The molecule has 5 heteroatoms. The maximum atomic E-state index is 11.7. The van der Waals surface area contributed by atoms with Gasteiger partial charge in [0, 0.05) is 17.1 Å². The normalized spacial score (nSPS) is 15.9. The van der Waals surface area contributed by atoms with E-state index in [2.05, 4.69) is 26.6 Å². The van der Waals surface area contributed by atoms with Crippen molar-refractivity contribution < 1.29 is 9.53 Å². The zero-order valence-corrected chi connectivity index (χ0v) is 12.6. The first kappa shape index (κ1) is 14.3. The highest BCUT2D eigenvalue weighted by atomic mass is 79.9. The number of benzene rings is 1. The molecule has 0 radical (unpaired) electrons. The summed E-state index contributed by atoms with van der Waals surface area (Å²) in [5.41, 5.74) is 0. The molecule has 1 atom stereocenters. The SMILES string of the molecule is CC(NCCOc1cccc(Br)c1)C(=O)NC1CC1. The minimum Gasteiger partial charge on any atom is -0.492 e. The van der Waals surface area contributed by atoms with Gasteiger partial charge in [0.05, 0.1) is 6.04 Å². The van der Waals surface area contributed by atoms with E-state index < -0.39 is 0 Å². The van der Waals surface area contributed by atoms with Crippen LogP contribution >= 0.6 is 15.9 Å². The maximum absolute atomic E-state index is 11.7. The first-order valence-corrected chi connectivity index (χ1v) is 7.36. The molecule has 19 heavy (non-hydrogen) atoms. The van der Waals surface area contributed by atoms with Crippen molar-refractivity contribution in [2.45, 2.75) is 31.8 Å². The van der Waals surface area contributed by atoms with Crippen molar-refractivity contribution in [1.29, 1.82) is 0 Å². The molecule has 1 unspecified atom stereocenters. The van der Waals surface area contributed by atoms with Crippen molar-refractivity contribution >= 4 is 21.8 Å². The van der Waals surface area contributed by atoms with E-state index in [-0.39, 0.29) is 11.9 Å². The Balaban J connectivity index is 1.61. The smallest absolute Gasteiger partial charge is 0.237 e. The predicted molar refractivity (Wildman–Crippen MR) is 78.3 cm³/mol. The molecule has 0 aliphatic heterocycles. The lowest BCUT2D eigenvalue weighted by Crippen LogP contribution is -2.44. The second kappa shape index (κ2) is 6.91. The van der Waals surface area contributed by atoms with E-state index in [0.29, 0.717) is 19.2 Å². The van der Waals surface area contributed by atoms with Crippen molar-refractivity contribution in [3.05, 3.63) is 28.7 Å². The van der Waals surface area contributed by atoms with Crippen LogP contribution in [-0.2, 0) is 4.79 Å². The van der Waals surface area contributed by atoms with Crippen molar-refractivity contribution in [1.82, 2.24) is 10.6 Å². The number of ether oxygens (including phenoxy) is 1. The van der Waals surface area contributed by atoms with Crippen LogP contribution in [0.2, 0.25) is 0 Å². The molecule has 0 bridgehead atoms. The molecule has 104 valence electrons. The number of hydrogen-bond donors (Lipinski definition) is 2. The van der Waals surface area contributed by atoms with Crippen LogP contribution in [0.15, 0.2) is 28.7 Å². The van der Waals surface area contributed by atoms with Crippen molar-refractivity contribution in [3.63, 3.8) is 0 Å². The highest BCUT2D eigenvalue weighted by molar-refractivity contribution is 9.10. The van der Waals surface area contributed by atoms with Crippen LogP contribution in [0, 0.1) is 0 Å². The zero-order valence-electron chi connectivity index (χ0n) is 11.0. The summed E-state index contributed by atoms with van der Waals surface area (Å²) in [7, 11) is 0. The molecule has 2 rings (SSSR count). The van der Waals surface area contributed by atoms with Gasteiger partial charge in [-0.3, -0.25) is 4.79 Å². The third-order valence-corrected chi connectivity index (χ3v) is 3.43. The highest BCUT2D eigenvalue weighted by Gasteiger charge is 2.25. The van der Waals surface area contributed by atoms with Crippen LogP contribution < -0.4 is 15.4 Å². The summed E-state index contributed by atoms with van der Waals surface area (Å²) in [4.78, 5) is 11.7. The first-order valence-electron chi connectivity index (χ1n) is 6.57. The lowest BCUT2D eigenvalue weighted by molar-refractivity contribution is -0.122. The fourth-order valence-electron chi connectivity index (χ4n) is 1.65. The van der Waals surface area contributed by atoms with Crippen LogP contribution in [0.5, 0.6) is 5.75 Å². The molecule has 0 spiro atoms. The Labute approximate surface area is 122 Å². The summed E-state index contributed by atoms with van der Waals surface area (Å²) < 4.78 is 6.58. The van der Waals surface area contributed by atoms with Gasteiger partial charge in [0.1, 0.15) is 12.4 Å². The summed E-state index contributed by atoms with van der Waals surface area (Å²) in [5.74, 6) is 0.899. The van der Waals surface area contributed by atoms with E-state index in [1.807, 2.05) is 31.2 Å². The second-order valence-corrected chi connectivity index (χ2v) is 5.68. The lowest BCUT2D eigenvalue weighted by Gasteiger charge is -2.14.